The van der Waals surface area contributed by atoms with Crippen molar-refractivity contribution in [2.45, 2.75) is 19.4 Å². The Labute approximate surface area is 87.9 Å². The number of nitrogens with zero attached hydrogens (tertiary/aromatic N) is 1. The number of rotatable bonds is 1. The number of imidazole rings is 1. The third kappa shape index (κ3) is 1.64. The largest absolute Gasteiger partial charge is 0.337 e. The monoisotopic (exact) mass is 232 g/mol. The summed E-state index contributed by atoms with van der Waals surface area (Å²) in [6, 6.07) is 0.0266. The quantitative estimate of drug-likeness (QED) is 0.741. The first kappa shape index (κ1) is 9.92. The van der Waals surface area contributed by atoms with E-state index in [4.69, 9.17) is 12.2 Å². The molecule has 1 aromatic heterocycles. The predicted molar refractivity (Wildman–Crippen MR) is 56.7 cm³/mol. The lowest BCUT2D eigenvalue weighted by Crippen LogP contribution is -2.12. The second-order valence-electron chi connectivity index (χ2n) is 3.66. The molecule has 2 rings (SSSR count). The van der Waals surface area contributed by atoms with Crippen molar-refractivity contribution in [3.05, 3.63) is 16.7 Å². The van der Waals surface area contributed by atoms with Crippen molar-refractivity contribution >= 4 is 22.1 Å². The van der Waals surface area contributed by atoms with E-state index in [1.165, 1.54) is 0 Å². The summed E-state index contributed by atoms with van der Waals surface area (Å²) < 4.78 is 25.1. The number of hydrogen-bond acceptors (Lipinski definition) is 3. The molecule has 1 saturated heterocycles. The highest BCUT2D eigenvalue weighted by Crippen LogP contribution is 2.25. The van der Waals surface area contributed by atoms with Crippen LogP contribution < -0.4 is 0 Å². The van der Waals surface area contributed by atoms with E-state index in [0.717, 1.165) is 5.69 Å². The molecule has 0 aromatic carbocycles. The van der Waals surface area contributed by atoms with E-state index in [1.54, 1.807) is 0 Å². The number of hydrogen-bond donors (Lipinski definition) is 1. The molecule has 1 atom stereocenters. The first-order valence-corrected chi connectivity index (χ1v) is 6.69. The molecule has 0 amide bonds. The van der Waals surface area contributed by atoms with E-state index in [1.807, 2.05) is 17.7 Å². The summed E-state index contributed by atoms with van der Waals surface area (Å²) in [5.74, 6) is 0.504. The van der Waals surface area contributed by atoms with Crippen molar-refractivity contribution in [1.29, 1.82) is 0 Å². The Kier molecular flexibility index (Phi) is 2.27. The summed E-state index contributed by atoms with van der Waals surface area (Å²) >= 11 is 5.10. The first-order valence-electron chi connectivity index (χ1n) is 4.46. The Balaban J connectivity index is 2.39. The topological polar surface area (TPSA) is 54.9 Å². The molecule has 1 aromatic rings. The summed E-state index contributed by atoms with van der Waals surface area (Å²) in [5.41, 5.74) is 0.997. The van der Waals surface area contributed by atoms with Gasteiger partial charge in [-0.3, -0.25) is 0 Å². The Hall–Kier alpha value is -0.620. The van der Waals surface area contributed by atoms with Crippen molar-refractivity contribution in [1.82, 2.24) is 9.55 Å². The van der Waals surface area contributed by atoms with E-state index in [0.29, 0.717) is 11.2 Å². The minimum absolute atomic E-state index is 0.0266. The lowest BCUT2D eigenvalue weighted by Gasteiger charge is -2.11. The van der Waals surface area contributed by atoms with Gasteiger partial charge in [-0.15, -0.1) is 0 Å². The van der Waals surface area contributed by atoms with E-state index >= 15 is 0 Å². The molecule has 0 aliphatic carbocycles. The summed E-state index contributed by atoms with van der Waals surface area (Å²) in [7, 11) is -2.84. The standard InChI is InChI=1S/C8H12N2O2S2/c1-6-4-9-8(13)10(6)7-2-3-14(11,12)5-7/h4,7H,2-3,5H2,1H3,(H,9,13). The van der Waals surface area contributed by atoms with Gasteiger partial charge in [-0.05, 0) is 25.6 Å². The number of sulfone groups is 1. The average Bonchev–Trinajstić information content (AvgIpc) is 2.56. The van der Waals surface area contributed by atoms with E-state index in [9.17, 15) is 8.42 Å². The maximum absolute atomic E-state index is 11.3. The average molecular weight is 232 g/mol. The maximum Gasteiger partial charge on any atom is 0.177 e. The van der Waals surface area contributed by atoms with Gasteiger partial charge in [-0.1, -0.05) is 0 Å². The fraction of sp³-hybridized carbons (Fsp3) is 0.625. The van der Waals surface area contributed by atoms with Crippen LogP contribution >= 0.6 is 12.2 Å². The summed E-state index contributed by atoms with van der Waals surface area (Å²) in [5, 5.41) is 0. The van der Waals surface area contributed by atoms with Crippen LogP contribution in [0.1, 0.15) is 18.2 Å². The van der Waals surface area contributed by atoms with Crippen LogP contribution in [0.2, 0.25) is 0 Å². The molecule has 6 heteroatoms. The van der Waals surface area contributed by atoms with Crippen molar-refractivity contribution in [3.63, 3.8) is 0 Å². The van der Waals surface area contributed by atoms with E-state index in [-0.39, 0.29) is 17.5 Å². The molecule has 1 aliphatic heterocycles. The van der Waals surface area contributed by atoms with Crippen LogP contribution in [0.4, 0.5) is 0 Å². The molecule has 14 heavy (non-hydrogen) atoms. The first-order chi connectivity index (χ1) is 6.49. The molecule has 0 saturated carbocycles. The third-order valence-corrected chi connectivity index (χ3v) is 4.64. The zero-order valence-corrected chi connectivity index (χ0v) is 9.49. The van der Waals surface area contributed by atoms with Gasteiger partial charge in [0.2, 0.25) is 0 Å². The third-order valence-electron chi connectivity index (χ3n) is 2.58. The smallest absolute Gasteiger partial charge is 0.177 e. The molecule has 1 N–H and O–H groups in total. The zero-order valence-electron chi connectivity index (χ0n) is 7.86. The van der Waals surface area contributed by atoms with E-state index < -0.39 is 9.84 Å². The van der Waals surface area contributed by atoms with Gasteiger partial charge in [0.1, 0.15) is 0 Å². The minimum atomic E-state index is -2.84. The molecule has 4 nitrogen and oxygen atoms in total. The van der Waals surface area contributed by atoms with Crippen molar-refractivity contribution in [2.24, 2.45) is 0 Å². The van der Waals surface area contributed by atoms with Crippen molar-refractivity contribution in [3.8, 4) is 0 Å². The van der Waals surface area contributed by atoms with Crippen molar-refractivity contribution < 1.29 is 8.42 Å². The predicted octanol–water partition coefficient (Wildman–Crippen LogP) is 1.21. The number of aromatic nitrogens is 2. The Morgan fingerprint density at radius 2 is 2.36 bits per heavy atom. The summed E-state index contributed by atoms with van der Waals surface area (Å²) in [4.78, 5) is 2.92. The maximum atomic E-state index is 11.3. The van der Waals surface area contributed by atoms with Gasteiger partial charge in [-0.25, -0.2) is 8.42 Å². The Morgan fingerprint density at radius 3 is 2.79 bits per heavy atom. The zero-order chi connectivity index (χ0) is 10.3. The highest BCUT2D eigenvalue weighted by molar-refractivity contribution is 7.91. The number of aryl methyl sites for hydroxylation is 1. The molecular weight excluding hydrogens is 220 g/mol. The van der Waals surface area contributed by atoms with Gasteiger partial charge in [0.05, 0.1) is 17.5 Å². The van der Waals surface area contributed by atoms with Gasteiger partial charge in [0, 0.05) is 11.9 Å². The van der Waals surface area contributed by atoms with Gasteiger partial charge >= 0.3 is 0 Å². The van der Waals surface area contributed by atoms with Crippen molar-refractivity contribution in [2.75, 3.05) is 11.5 Å². The van der Waals surface area contributed by atoms with Crippen LogP contribution in [0.15, 0.2) is 6.20 Å². The molecule has 78 valence electrons. The number of aromatic amines is 1. The second-order valence-corrected chi connectivity index (χ2v) is 6.28. The molecule has 0 bridgehead atoms. The minimum Gasteiger partial charge on any atom is -0.337 e. The molecule has 0 spiro atoms. The lowest BCUT2D eigenvalue weighted by atomic mass is 10.2. The Bertz CT molecular complexity index is 498. The molecule has 1 unspecified atom stereocenters. The van der Waals surface area contributed by atoms with Gasteiger partial charge in [-0.2, -0.15) is 0 Å². The van der Waals surface area contributed by atoms with E-state index in [2.05, 4.69) is 4.98 Å². The van der Waals surface area contributed by atoms with Gasteiger partial charge < -0.3 is 9.55 Å². The highest BCUT2D eigenvalue weighted by Gasteiger charge is 2.29. The number of nitrogens with one attached hydrogen (secondary N) is 1. The normalized spacial score (nSPS) is 25.4. The second kappa shape index (κ2) is 3.20. The van der Waals surface area contributed by atoms with Crippen LogP contribution in [0.3, 0.4) is 0 Å². The van der Waals surface area contributed by atoms with Crippen LogP contribution in [-0.2, 0) is 9.84 Å². The van der Waals surface area contributed by atoms with Crippen LogP contribution in [0.25, 0.3) is 0 Å². The van der Waals surface area contributed by atoms with Gasteiger partial charge in [0.25, 0.3) is 0 Å². The van der Waals surface area contributed by atoms with Gasteiger partial charge in [0.15, 0.2) is 14.6 Å². The number of H-pyrrole nitrogens is 1. The molecular formula is C8H12N2O2S2. The molecule has 2 heterocycles. The van der Waals surface area contributed by atoms with Crippen LogP contribution in [0, 0.1) is 11.7 Å². The highest BCUT2D eigenvalue weighted by atomic mass is 32.2. The fourth-order valence-corrected chi connectivity index (χ4v) is 3.95. The molecule has 1 fully saturated rings. The SMILES string of the molecule is Cc1c[nH]c(=S)n1C1CCS(=O)(=O)C1. The van der Waals surface area contributed by atoms with Crippen LogP contribution in [0.5, 0.6) is 0 Å². The Morgan fingerprint density at radius 1 is 1.64 bits per heavy atom. The van der Waals surface area contributed by atoms with Crippen LogP contribution in [-0.4, -0.2) is 29.5 Å². The molecule has 0 radical (unpaired) electrons. The summed E-state index contributed by atoms with van der Waals surface area (Å²) in [6.07, 6.45) is 2.49. The fourth-order valence-electron chi connectivity index (χ4n) is 1.90. The summed E-state index contributed by atoms with van der Waals surface area (Å²) in [6.45, 7) is 1.93. The lowest BCUT2D eigenvalue weighted by molar-refractivity contribution is 0.538. The molecule has 1 aliphatic rings.